The number of hydrogen-bond acceptors (Lipinski definition) is 8. The van der Waals surface area contributed by atoms with Gasteiger partial charge < -0.3 is 5.32 Å². The van der Waals surface area contributed by atoms with Crippen molar-refractivity contribution >= 4 is 42.5 Å². The molecule has 0 amide bonds. The molecule has 3 aromatic rings. The van der Waals surface area contributed by atoms with E-state index in [0.717, 1.165) is 16.6 Å². The van der Waals surface area contributed by atoms with Crippen LogP contribution in [0.1, 0.15) is 5.69 Å². The molecule has 0 aromatic carbocycles. The Kier molecular flexibility index (Phi) is 3.30. The number of nitrogens with zero attached hydrogens (tertiary/aromatic N) is 4. The van der Waals surface area contributed by atoms with Gasteiger partial charge in [0.25, 0.3) is 0 Å². The van der Waals surface area contributed by atoms with E-state index >= 15 is 0 Å². The smallest absolute Gasteiger partial charge is 0.248 e. The predicted molar refractivity (Wildman–Crippen MR) is 80.6 cm³/mol. The van der Waals surface area contributed by atoms with Crippen LogP contribution in [0.2, 0.25) is 0 Å². The Morgan fingerprint density at radius 3 is 2.76 bits per heavy atom. The van der Waals surface area contributed by atoms with Gasteiger partial charge in [0.15, 0.2) is 5.13 Å². The Morgan fingerprint density at radius 1 is 1.24 bits per heavy atom. The highest BCUT2D eigenvalue weighted by Gasteiger charge is 2.14. The van der Waals surface area contributed by atoms with Crippen molar-refractivity contribution in [3.8, 4) is 0 Å². The number of rotatable bonds is 3. The molecule has 0 saturated carbocycles. The van der Waals surface area contributed by atoms with Crippen molar-refractivity contribution in [1.82, 2.24) is 19.9 Å². The number of pyridine rings is 1. The zero-order valence-corrected chi connectivity index (χ0v) is 12.9. The van der Waals surface area contributed by atoms with E-state index in [0.29, 0.717) is 16.6 Å². The molecule has 3 heterocycles. The van der Waals surface area contributed by atoms with Crippen molar-refractivity contribution in [3.63, 3.8) is 0 Å². The maximum absolute atomic E-state index is 11.6. The van der Waals surface area contributed by atoms with E-state index in [9.17, 15) is 8.42 Å². The third-order valence-corrected chi connectivity index (χ3v) is 4.31. The molecule has 0 radical (unpaired) electrons. The van der Waals surface area contributed by atoms with Gasteiger partial charge in [-0.25, -0.2) is 28.4 Å². The van der Waals surface area contributed by atoms with E-state index in [4.69, 9.17) is 0 Å². The van der Waals surface area contributed by atoms with Crippen LogP contribution < -0.4 is 5.32 Å². The van der Waals surface area contributed by atoms with Gasteiger partial charge in [-0.05, 0) is 19.1 Å². The molecule has 7 nitrogen and oxygen atoms in total. The molecular weight excluding hydrogens is 310 g/mol. The topological polar surface area (TPSA) is 97.7 Å². The van der Waals surface area contributed by atoms with Gasteiger partial charge in [0.2, 0.25) is 15.0 Å². The second-order valence-electron chi connectivity index (χ2n) is 4.42. The molecular formula is C12H11N5O2S2. The van der Waals surface area contributed by atoms with Gasteiger partial charge in [-0.3, -0.25) is 0 Å². The van der Waals surface area contributed by atoms with Crippen LogP contribution in [0.25, 0.3) is 10.3 Å². The highest BCUT2D eigenvalue weighted by molar-refractivity contribution is 7.90. The molecule has 0 aliphatic carbocycles. The third kappa shape index (κ3) is 2.98. The minimum Gasteiger partial charge on any atom is -0.316 e. The zero-order valence-electron chi connectivity index (χ0n) is 11.2. The van der Waals surface area contributed by atoms with Gasteiger partial charge >= 0.3 is 0 Å². The number of aromatic nitrogens is 4. The van der Waals surface area contributed by atoms with Gasteiger partial charge in [0.1, 0.15) is 16.2 Å². The minimum atomic E-state index is -3.46. The van der Waals surface area contributed by atoms with E-state index in [1.165, 1.54) is 11.3 Å². The summed E-state index contributed by atoms with van der Waals surface area (Å²) in [5, 5.41) is 3.39. The Morgan fingerprint density at radius 2 is 2.05 bits per heavy atom. The molecule has 0 atom stereocenters. The van der Waals surface area contributed by atoms with Crippen molar-refractivity contribution in [2.45, 2.75) is 12.1 Å². The number of thiazole rings is 1. The fourth-order valence-electron chi connectivity index (χ4n) is 1.70. The number of anilines is 2. The maximum Gasteiger partial charge on any atom is 0.248 e. The van der Waals surface area contributed by atoms with Crippen molar-refractivity contribution in [2.24, 2.45) is 0 Å². The monoisotopic (exact) mass is 321 g/mol. The van der Waals surface area contributed by atoms with E-state index in [2.05, 4.69) is 25.3 Å². The summed E-state index contributed by atoms with van der Waals surface area (Å²) in [6.45, 7) is 1.71. The Balaban J connectivity index is 1.99. The lowest BCUT2D eigenvalue weighted by Gasteiger charge is -2.04. The molecule has 3 aromatic heterocycles. The van der Waals surface area contributed by atoms with E-state index in [-0.39, 0.29) is 5.16 Å². The molecule has 0 saturated heterocycles. The largest absolute Gasteiger partial charge is 0.316 e. The summed E-state index contributed by atoms with van der Waals surface area (Å²) in [6, 6.07) is 5.33. The average molecular weight is 321 g/mol. The SMILES string of the molecule is Cc1cc(Nc2nc3cccnc3s2)nc(S(C)(=O)=O)n1. The summed E-state index contributed by atoms with van der Waals surface area (Å²) in [5.74, 6) is 0.391. The lowest BCUT2D eigenvalue weighted by atomic mass is 10.4. The van der Waals surface area contributed by atoms with Gasteiger partial charge in [0.05, 0.1) is 0 Å². The Bertz CT molecular complexity index is 887. The maximum atomic E-state index is 11.6. The van der Waals surface area contributed by atoms with Crippen LogP contribution in [0.15, 0.2) is 29.6 Å². The fraction of sp³-hybridized carbons (Fsp3) is 0.167. The van der Waals surface area contributed by atoms with Gasteiger partial charge in [-0.2, -0.15) is 0 Å². The Hall–Kier alpha value is -2.13. The van der Waals surface area contributed by atoms with Crippen molar-refractivity contribution in [3.05, 3.63) is 30.1 Å². The summed E-state index contributed by atoms with van der Waals surface area (Å²) in [4.78, 5) is 17.3. The molecule has 21 heavy (non-hydrogen) atoms. The molecule has 0 bridgehead atoms. The number of fused-ring (bicyclic) bond motifs is 1. The first-order valence-electron chi connectivity index (χ1n) is 5.96. The number of sulfone groups is 1. The summed E-state index contributed by atoms with van der Waals surface area (Å²) in [6.07, 6.45) is 2.77. The van der Waals surface area contributed by atoms with E-state index in [1.807, 2.05) is 12.1 Å². The van der Waals surface area contributed by atoms with Crippen molar-refractivity contribution in [2.75, 3.05) is 11.6 Å². The van der Waals surface area contributed by atoms with Crippen LogP contribution in [0.3, 0.4) is 0 Å². The van der Waals surface area contributed by atoms with Crippen molar-refractivity contribution < 1.29 is 8.42 Å². The highest BCUT2D eigenvalue weighted by atomic mass is 32.2. The number of aryl methyl sites for hydroxylation is 1. The summed E-state index contributed by atoms with van der Waals surface area (Å²) in [7, 11) is -3.46. The summed E-state index contributed by atoms with van der Waals surface area (Å²) < 4.78 is 23.1. The fourth-order valence-corrected chi connectivity index (χ4v) is 3.09. The molecule has 1 N–H and O–H groups in total. The first-order chi connectivity index (χ1) is 9.91. The van der Waals surface area contributed by atoms with Crippen LogP contribution >= 0.6 is 11.3 Å². The first kappa shape index (κ1) is 13.8. The second-order valence-corrected chi connectivity index (χ2v) is 7.31. The molecule has 0 fully saturated rings. The summed E-state index contributed by atoms with van der Waals surface area (Å²) >= 11 is 1.37. The van der Waals surface area contributed by atoms with Gasteiger partial charge in [0, 0.05) is 24.2 Å². The lowest BCUT2D eigenvalue weighted by Crippen LogP contribution is -2.07. The third-order valence-electron chi connectivity index (χ3n) is 2.57. The van der Waals surface area contributed by atoms with Crippen LogP contribution in [0, 0.1) is 6.92 Å². The normalized spacial score (nSPS) is 11.7. The number of hydrogen-bond donors (Lipinski definition) is 1. The first-order valence-corrected chi connectivity index (χ1v) is 8.67. The standard InChI is InChI=1S/C12H11N5O2S2/c1-7-6-9(17-12(14-7)21(2,18)19)16-11-15-8-4-3-5-13-10(8)20-11/h3-6H,1-2H3,(H,14,15,16,17). The molecule has 0 spiro atoms. The molecule has 3 rings (SSSR count). The average Bonchev–Trinajstić information content (AvgIpc) is 2.79. The van der Waals surface area contributed by atoms with E-state index in [1.54, 1.807) is 19.2 Å². The van der Waals surface area contributed by atoms with Crippen LogP contribution in [-0.2, 0) is 9.84 Å². The second kappa shape index (κ2) is 5.01. The van der Waals surface area contributed by atoms with Crippen LogP contribution in [0.4, 0.5) is 10.9 Å². The van der Waals surface area contributed by atoms with Gasteiger partial charge in [-0.15, -0.1) is 0 Å². The zero-order chi connectivity index (χ0) is 15.0. The molecule has 0 unspecified atom stereocenters. The molecule has 0 aliphatic heterocycles. The van der Waals surface area contributed by atoms with Gasteiger partial charge in [-0.1, -0.05) is 11.3 Å². The molecule has 108 valence electrons. The summed E-state index contributed by atoms with van der Waals surface area (Å²) in [5.41, 5.74) is 1.34. The molecule has 0 aliphatic rings. The van der Waals surface area contributed by atoms with Crippen molar-refractivity contribution in [1.29, 1.82) is 0 Å². The van der Waals surface area contributed by atoms with E-state index < -0.39 is 9.84 Å². The highest BCUT2D eigenvalue weighted by Crippen LogP contribution is 2.26. The Labute approximate surface area is 125 Å². The van der Waals surface area contributed by atoms with Crippen LogP contribution in [0.5, 0.6) is 0 Å². The quantitative estimate of drug-likeness (QED) is 0.736. The lowest BCUT2D eigenvalue weighted by molar-refractivity contribution is 0.592. The predicted octanol–water partition coefficient (Wildman–Crippen LogP) is 1.94. The number of nitrogens with one attached hydrogen (secondary N) is 1. The van der Waals surface area contributed by atoms with Crippen LogP contribution in [-0.4, -0.2) is 34.6 Å². The minimum absolute atomic E-state index is 0.204. The molecule has 9 heteroatoms.